The first-order valence-corrected chi connectivity index (χ1v) is 6.45. The van der Waals surface area contributed by atoms with Crippen molar-refractivity contribution in [1.82, 2.24) is 5.32 Å². The standard InChI is InChI=1S/C16H13NO4/c1-17-16(19)12-5-3-2-4-11(12)13-7-15-14(20-9-21-15)6-10(13)8-18/h2-8H,9H2,1H3,(H,17,19). The van der Waals surface area contributed by atoms with Gasteiger partial charge in [-0.3, -0.25) is 9.59 Å². The quantitative estimate of drug-likeness (QED) is 0.877. The van der Waals surface area contributed by atoms with Gasteiger partial charge >= 0.3 is 0 Å². The van der Waals surface area contributed by atoms with Crippen molar-refractivity contribution in [3.05, 3.63) is 47.5 Å². The summed E-state index contributed by atoms with van der Waals surface area (Å²) in [6, 6.07) is 10.5. The highest BCUT2D eigenvalue weighted by molar-refractivity contribution is 6.03. The molecule has 1 N–H and O–H groups in total. The molecule has 2 aromatic rings. The minimum absolute atomic E-state index is 0.133. The fraction of sp³-hybridized carbons (Fsp3) is 0.125. The predicted octanol–water partition coefficient (Wildman–Crippen LogP) is 2.25. The summed E-state index contributed by atoms with van der Waals surface area (Å²) in [5.74, 6) is 0.903. The molecular formula is C16H13NO4. The zero-order chi connectivity index (χ0) is 14.8. The van der Waals surface area contributed by atoms with E-state index in [1.165, 1.54) is 0 Å². The van der Waals surface area contributed by atoms with Crippen molar-refractivity contribution in [3.8, 4) is 22.6 Å². The highest BCUT2D eigenvalue weighted by Gasteiger charge is 2.20. The largest absolute Gasteiger partial charge is 0.454 e. The number of carbonyl (C=O) groups excluding carboxylic acids is 2. The van der Waals surface area contributed by atoms with Gasteiger partial charge in [-0.25, -0.2) is 0 Å². The van der Waals surface area contributed by atoms with E-state index in [2.05, 4.69) is 5.32 Å². The lowest BCUT2D eigenvalue weighted by atomic mass is 9.95. The van der Waals surface area contributed by atoms with Gasteiger partial charge in [0, 0.05) is 18.2 Å². The summed E-state index contributed by atoms with van der Waals surface area (Å²) < 4.78 is 10.6. The monoisotopic (exact) mass is 283 g/mol. The highest BCUT2D eigenvalue weighted by atomic mass is 16.7. The van der Waals surface area contributed by atoms with Gasteiger partial charge in [-0.2, -0.15) is 0 Å². The van der Waals surface area contributed by atoms with E-state index < -0.39 is 0 Å². The maximum Gasteiger partial charge on any atom is 0.251 e. The third kappa shape index (κ3) is 2.23. The van der Waals surface area contributed by atoms with E-state index >= 15 is 0 Å². The maximum atomic E-state index is 12.0. The average molecular weight is 283 g/mol. The number of nitrogens with one attached hydrogen (secondary N) is 1. The van der Waals surface area contributed by atoms with Crippen LogP contribution in [0.1, 0.15) is 20.7 Å². The second kappa shape index (κ2) is 5.28. The van der Waals surface area contributed by atoms with E-state index in [0.29, 0.717) is 33.8 Å². The van der Waals surface area contributed by atoms with Gasteiger partial charge in [-0.15, -0.1) is 0 Å². The van der Waals surface area contributed by atoms with E-state index in [1.54, 1.807) is 37.4 Å². The third-order valence-corrected chi connectivity index (χ3v) is 3.36. The van der Waals surface area contributed by atoms with Crippen molar-refractivity contribution in [2.45, 2.75) is 0 Å². The van der Waals surface area contributed by atoms with Gasteiger partial charge in [-0.1, -0.05) is 18.2 Å². The molecule has 1 heterocycles. The molecule has 1 aliphatic rings. The summed E-state index contributed by atoms with van der Waals surface area (Å²) in [5.41, 5.74) is 2.28. The molecule has 0 aromatic heterocycles. The molecule has 0 radical (unpaired) electrons. The van der Waals surface area contributed by atoms with Crippen LogP contribution in [0.2, 0.25) is 0 Å². The first-order valence-electron chi connectivity index (χ1n) is 6.45. The number of hydrogen-bond donors (Lipinski definition) is 1. The van der Waals surface area contributed by atoms with Crippen LogP contribution in [0, 0.1) is 0 Å². The first-order chi connectivity index (χ1) is 10.2. The van der Waals surface area contributed by atoms with Gasteiger partial charge in [-0.05, 0) is 29.3 Å². The molecule has 0 bridgehead atoms. The van der Waals surface area contributed by atoms with Crippen molar-refractivity contribution in [2.24, 2.45) is 0 Å². The van der Waals surface area contributed by atoms with Crippen LogP contribution < -0.4 is 14.8 Å². The maximum absolute atomic E-state index is 12.0. The summed E-state index contributed by atoms with van der Waals surface area (Å²) in [6.07, 6.45) is 0.748. The predicted molar refractivity (Wildman–Crippen MR) is 76.8 cm³/mol. The van der Waals surface area contributed by atoms with Crippen LogP contribution >= 0.6 is 0 Å². The van der Waals surface area contributed by atoms with Crippen LogP contribution in [-0.4, -0.2) is 26.0 Å². The zero-order valence-corrected chi connectivity index (χ0v) is 11.4. The Morgan fingerprint density at radius 2 is 1.86 bits per heavy atom. The molecule has 0 aliphatic carbocycles. The van der Waals surface area contributed by atoms with Gasteiger partial charge in [0.05, 0.1) is 0 Å². The number of amides is 1. The molecule has 106 valence electrons. The molecule has 1 amide bonds. The first kappa shape index (κ1) is 13.2. The van der Waals surface area contributed by atoms with E-state index in [9.17, 15) is 9.59 Å². The number of fused-ring (bicyclic) bond motifs is 1. The van der Waals surface area contributed by atoms with E-state index in [1.807, 2.05) is 6.07 Å². The summed E-state index contributed by atoms with van der Waals surface area (Å²) in [5, 5.41) is 2.60. The molecule has 1 aliphatic heterocycles. The molecule has 3 rings (SSSR count). The third-order valence-electron chi connectivity index (χ3n) is 3.36. The second-order valence-corrected chi connectivity index (χ2v) is 4.54. The summed E-state index contributed by atoms with van der Waals surface area (Å²) in [4.78, 5) is 23.3. The molecule has 21 heavy (non-hydrogen) atoms. The molecule has 0 saturated heterocycles. The number of hydrogen-bond acceptors (Lipinski definition) is 4. The average Bonchev–Trinajstić information content (AvgIpc) is 3.00. The molecule has 5 nitrogen and oxygen atoms in total. The summed E-state index contributed by atoms with van der Waals surface area (Å²) in [6.45, 7) is 0.133. The van der Waals surface area contributed by atoms with Crippen molar-refractivity contribution in [2.75, 3.05) is 13.8 Å². The van der Waals surface area contributed by atoms with E-state index in [-0.39, 0.29) is 12.7 Å². The Kier molecular flexibility index (Phi) is 3.31. The van der Waals surface area contributed by atoms with Crippen LogP contribution in [0.25, 0.3) is 11.1 Å². The zero-order valence-electron chi connectivity index (χ0n) is 11.4. The smallest absolute Gasteiger partial charge is 0.251 e. The molecular weight excluding hydrogens is 270 g/mol. The van der Waals surface area contributed by atoms with Crippen LogP contribution in [0.3, 0.4) is 0 Å². The lowest BCUT2D eigenvalue weighted by Crippen LogP contribution is -2.18. The number of carbonyl (C=O) groups is 2. The Hall–Kier alpha value is -2.82. The van der Waals surface area contributed by atoms with Gasteiger partial charge in [0.25, 0.3) is 5.91 Å². The summed E-state index contributed by atoms with van der Waals surface area (Å²) >= 11 is 0. The van der Waals surface area contributed by atoms with Crippen LogP contribution in [0.5, 0.6) is 11.5 Å². The highest BCUT2D eigenvalue weighted by Crippen LogP contribution is 2.39. The Labute approximate surface area is 121 Å². The van der Waals surface area contributed by atoms with Gasteiger partial charge in [0.1, 0.15) is 0 Å². The van der Waals surface area contributed by atoms with Crippen molar-refractivity contribution >= 4 is 12.2 Å². The molecule has 0 unspecified atom stereocenters. The Morgan fingerprint density at radius 1 is 1.14 bits per heavy atom. The topological polar surface area (TPSA) is 64.6 Å². The van der Waals surface area contributed by atoms with Crippen LogP contribution in [-0.2, 0) is 0 Å². The number of aldehydes is 1. The van der Waals surface area contributed by atoms with E-state index in [4.69, 9.17) is 9.47 Å². The molecule has 0 atom stereocenters. The molecule has 0 saturated carbocycles. The fourth-order valence-corrected chi connectivity index (χ4v) is 2.34. The normalized spacial score (nSPS) is 12.0. The second-order valence-electron chi connectivity index (χ2n) is 4.54. The Balaban J connectivity index is 2.21. The molecule has 5 heteroatoms. The van der Waals surface area contributed by atoms with E-state index in [0.717, 1.165) is 6.29 Å². The fourth-order valence-electron chi connectivity index (χ4n) is 2.34. The molecule has 0 fully saturated rings. The lowest BCUT2D eigenvalue weighted by molar-refractivity contribution is 0.0963. The van der Waals surface area contributed by atoms with Crippen molar-refractivity contribution in [1.29, 1.82) is 0 Å². The minimum Gasteiger partial charge on any atom is -0.454 e. The summed E-state index contributed by atoms with van der Waals surface area (Å²) in [7, 11) is 1.57. The molecule has 2 aromatic carbocycles. The van der Waals surface area contributed by atoms with Gasteiger partial charge < -0.3 is 14.8 Å². The number of ether oxygens (including phenoxy) is 2. The Morgan fingerprint density at radius 3 is 2.57 bits per heavy atom. The minimum atomic E-state index is -0.208. The van der Waals surface area contributed by atoms with Crippen molar-refractivity contribution in [3.63, 3.8) is 0 Å². The number of benzene rings is 2. The van der Waals surface area contributed by atoms with Gasteiger partial charge in [0.15, 0.2) is 17.8 Å². The van der Waals surface area contributed by atoms with Crippen LogP contribution in [0.15, 0.2) is 36.4 Å². The van der Waals surface area contributed by atoms with Crippen molar-refractivity contribution < 1.29 is 19.1 Å². The Bertz CT molecular complexity index is 724. The van der Waals surface area contributed by atoms with Gasteiger partial charge in [0.2, 0.25) is 6.79 Å². The molecule has 0 spiro atoms. The van der Waals surface area contributed by atoms with Crippen LogP contribution in [0.4, 0.5) is 0 Å². The number of rotatable bonds is 3. The SMILES string of the molecule is CNC(=O)c1ccccc1-c1cc2c(cc1C=O)OCO2. The lowest BCUT2D eigenvalue weighted by Gasteiger charge is -2.11.